The predicted molar refractivity (Wildman–Crippen MR) is 302 cm³/mol. The van der Waals surface area contributed by atoms with Crippen molar-refractivity contribution in [2.75, 3.05) is 6.26 Å². The summed E-state index contributed by atoms with van der Waals surface area (Å²) in [5, 5.41) is 14.9. The molecule has 4 heterocycles. The second-order valence-corrected chi connectivity index (χ2v) is 19.4. The van der Waals surface area contributed by atoms with Gasteiger partial charge in [-0.3, -0.25) is 4.79 Å². The van der Waals surface area contributed by atoms with Crippen LogP contribution < -0.4 is 29.0 Å². The van der Waals surface area contributed by atoms with Crippen molar-refractivity contribution < 1.29 is 37.5 Å². The van der Waals surface area contributed by atoms with Crippen LogP contribution in [-0.4, -0.2) is 11.4 Å². The summed E-state index contributed by atoms with van der Waals surface area (Å²) in [6.07, 6.45) is 3.97. The third-order valence-corrected chi connectivity index (χ3v) is 14.1. The maximum atomic E-state index is 12.5. The number of hydrogen-bond donors (Lipinski definition) is 2. The van der Waals surface area contributed by atoms with Crippen molar-refractivity contribution in [3.63, 3.8) is 0 Å². The van der Waals surface area contributed by atoms with Crippen LogP contribution in [0.3, 0.4) is 0 Å². The number of halogens is 3. The first-order chi connectivity index (χ1) is 33.7. The van der Waals surface area contributed by atoms with Crippen molar-refractivity contribution in [1.29, 1.82) is 0 Å². The molecule has 0 aliphatic carbocycles. The van der Waals surface area contributed by atoms with Crippen LogP contribution in [0, 0.1) is 6.92 Å². The second-order valence-electron chi connectivity index (χ2n) is 15.6. The molecule has 0 radical (unpaired) electrons. The zero-order valence-corrected chi connectivity index (χ0v) is 45.1. The summed E-state index contributed by atoms with van der Waals surface area (Å²) in [7, 11) is 0. The molecule has 1 atom stereocenters. The molecule has 3 aromatic heterocycles. The van der Waals surface area contributed by atoms with E-state index in [0.717, 1.165) is 52.0 Å². The molecule has 346 valence electrons. The maximum absolute atomic E-state index is 12.5. The van der Waals surface area contributed by atoms with E-state index in [1.807, 2.05) is 152 Å². The van der Waals surface area contributed by atoms with Crippen molar-refractivity contribution in [3.05, 3.63) is 242 Å². The van der Waals surface area contributed by atoms with Gasteiger partial charge in [-0.15, -0.1) is 11.3 Å². The van der Waals surface area contributed by atoms with Gasteiger partial charge in [-0.2, -0.15) is 19.0 Å². The predicted octanol–water partition coefficient (Wildman–Crippen LogP) is 15.5. The Kier molecular flexibility index (Phi) is 18.3. The number of ether oxygens (including phenoxy) is 1. The first kappa shape index (κ1) is 52.7. The molecule has 11 aromatic rings. The van der Waals surface area contributed by atoms with Gasteiger partial charge in [0, 0.05) is 34.6 Å². The molecule has 0 saturated carbocycles. The van der Waals surface area contributed by atoms with Crippen LogP contribution in [0.1, 0.15) is 36.7 Å². The van der Waals surface area contributed by atoms with Crippen LogP contribution in [0.4, 0.5) is 0 Å². The van der Waals surface area contributed by atoms with Gasteiger partial charge in [-0.25, -0.2) is 0 Å². The molecule has 1 aliphatic rings. The van der Waals surface area contributed by atoms with Gasteiger partial charge in [0.2, 0.25) is 5.43 Å². The molecule has 0 bridgehead atoms. The normalized spacial score (nSPS) is 13.1. The minimum Gasteiger partial charge on any atom is -0.454 e. The molecule has 0 spiro atoms. The topological polar surface area (TPSA) is 72.8 Å². The van der Waals surface area contributed by atoms with Gasteiger partial charge in [-0.1, -0.05) is 195 Å². The molecule has 11 heteroatoms. The quantitative estimate of drug-likeness (QED) is 0.104. The van der Waals surface area contributed by atoms with Crippen molar-refractivity contribution in [2.24, 2.45) is 0 Å². The van der Waals surface area contributed by atoms with E-state index in [2.05, 4.69) is 111 Å². The van der Waals surface area contributed by atoms with Crippen molar-refractivity contribution >= 4 is 114 Å². The van der Waals surface area contributed by atoms with E-state index in [0.29, 0.717) is 49.7 Å². The third-order valence-electron chi connectivity index (χ3n) is 11.3. The number of thiol groups is 1. The molecule has 1 aliphatic heterocycles. The van der Waals surface area contributed by atoms with Gasteiger partial charge in [0.25, 0.3) is 0 Å². The fourth-order valence-electron chi connectivity index (χ4n) is 8.00. The van der Waals surface area contributed by atoms with Crippen molar-refractivity contribution in [2.45, 2.75) is 25.4 Å². The molecule has 8 aromatic carbocycles. The first-order valence-electron chi connectivity index (χ1n) is 22.1. The fourth-order valence-corrected chi connectivity index (χ4v) is 10.3. The van der Waals surface area contributed by atoms with E-state index >= 15 is 0 Å². The summed E-state index contributed by atoms with van der Waals surface area (Å²) in [6.45, 7) is 5.72. The van der Waals surface area contributed by atoms with Crippen LogP contribution in [0.2, 0.25) is 0 Å². The molecular formula is C59H46Br3LiO5S2. The Morgan fingerprint density at radius 2 is 1.13 bits per heavy atom. The number of hydrogen-bond acceptors (Lipinski definition) is 7. The molecule has 1 N–H and O–H groups in total. The van der Waals surface area contributed by atoms with E-state index in [1.54, 1.807) is 12.3 Å². The summed E-state index contributed by atoms with van der Waals surface area (Å²) in [5.41, 5.74) is 6.38. The number of benzene rings is 8. The number of unbranched alkanes of at least 4 members (excludes halogenated alkanes) is 1. The monoisotopic (exact) mass is 1140 g/mol. The number of furan rings is 1. The smallest absolute Gasteiger partial charge is 0.454 e. The Labute approximate surface area is 454 Å². The van der Waals surface area contributed by atoms with E-state index < -0.39 is 5.60 Å². The molecule has 0 amide bonds. The van der Waals surface area contributed by atoms with Gasteiger partial charge in [0.05, 0.1) is 10.8 Å². The first-order valence-corrected chi connectivity index (χ1v) is 26.2. The minimum atomic E-state index is -1.51. The zero-order valence-electron chi connectivity index (χ0n) is 38.7. The van der Waals surface area contributed by atoms with Gasteiger partial charge in [0.15, 0.2) is 22.7 Å². The van der Waals surface area contributed by atoms with Crippen LogP contribution in [-0.2, 0) is 5.60 Å². The zero-order chi connectivity index (χ0) is 48.5. The SMILES string of the molecule is Brc1ccccc1-c1ccccc1.CS.O=c1c2ccccc2oc2c1sc1ccc(Br)cc12.OC1(c2ccccc2-c2ccccc2)c2ccccc2Oc2c1oc1ccc(Br)cc21.[CH2-]CCC.[Li+]. The molecule has 12 rings (SSSR count). The molecule has 1 unspecified atom stereocenters. The molecule has 0 saturated heterocycles. The van der Waals surface area contributed by atoms with Gasteiger partial charge >= 0.3 is 18.9 Å². The summed E-state index contributed by atoms with van der Waals surface area (Å²) >= 11 is 15.5. The number of fused-ring (bicyclic) bond motifs is 8. The molecular weight excluding hydrogens is 1100 g/mol. The number of rotatable bonds is 4. The van der Waals surface area contributed by atoms with Crippen LogP contribution >= 0.6 is 71.8 Å². The maximum Gasteiger partial charge on any atom is 1.00 e. The molecule has 0 fully saturated rings. The number of para-hydroxylation sites is 2. The summed E-state index contributed by atoms with van der Waals surface area (Å²) in [4.78, 5) is 12.5. The van der Waals surface area contributed by atoms with Crippen LogP contribution in [0.5, 0.6) is 11.5 Å². The van der Waals surface area contributed by atoms with E-state index in [4.69, 9.17) is 13.6 Å². The van der Waals surface area contributed by atoms with Gasteiger partial charge in [-0.05, 0) is 89.2 Å². The van der Waals surface area contributed by atoms with Gasteiger partial charge < -0.3 is 25.6 Å². The van der Waals surface area contributed by atoms with Crippen LogP contribution in [0.25, 0.3) is 64.6 Å². The number of thiophene rings is 1. The Balaban J connectivity index is 0.000000158. The summed E-state index contributed by atoms with van der Waals surface area (Å²) in [5.74, 6) is 1.55. The summed E-state index contributed by atoms with van der Waals surface area (Å²) < 4.78 is 23.3. The Morgan fingerprint density at radius 3 is 1.80 bits per heavy atom. The second kappa shape index (κ2) is 24.3. The number of aliphatic hydroxyl groups is 1. The fraction of sp³-hybridized carbons (Fsp3) is 0.0847. The summed E-state index contributed by atoms with van der Waals surface area (Å²) in [6, 6.07) is 63.3. The minimum absolute atomic E-state index is 0. The van der Waals surface area contributed by atoms with Crippen molar-refractivity contribution in [3.8, 4) is 33.8 Å². The van der Waals surface area contributed by atoms with Crippen LogP contribution in [0.15, 0.2) is 221 Å². The average molecular weight is 1150 g/mol. The van der Waals surface area contributed by atoms with E-state index in [9.17, 15) is 9.90 Å². The van der Waals surface area contributed by atoms with Gasteiger partial charge in [0.1, 0.15) is 21.6 Å². The molecule has 5 nitrogen and oxygen atoms in total. The average Bonchev–Trinajstić information content (AvgIpc) is 3.96. The Morgan fingerprint density at radius 1 is 0.600 bits per heavy atom. The Bertz CT molecular complexity index is 3570. The molecule has 70 heavy (non-hydrogen) atoms. The largest absolute Gasteiger partial charge is 1.00 e. The third kappa shape index (κ3) is 11.0. The standard InChI is InChI=1S/C27H17BrO3.C15H7BrO2S.C12H9Br.C4H9.CH4S.Li/c28-18-14-15-23-20(16-18)25-26(31-23)27(29,22-12-6-7-13-24(22)30-25)21-11-5-4-10-19(21)17-8-2-1-3-9-17;16-8-5-6-12-10(7-8)14-15(19-12)13(17)9-3-1-2-4-11(9)18-14;13-12-9-5-4-8-11(12)10-6-2-1-3-7-10;1-3-4-2;1-2;/h1-16,29H;1-7H;1-9H;1,3-4H2,2H3;2H,1H3;/q;;;-1;;+1. The van der Waals surface area contributed by atoms with E-state index in [-0.39, 0.29) is 24.3 Å². The Hall–Kier alpha value is -5.12. The van der Waals surface area contributed by atoms with E-state index in [1.165, 1.54) is 28.9 Å². The van der Waals surface area contributed by atoms with Crippen molar-refractivity contribution in [1.82, 2.24) is 0 Å².